The first-order valence-electron chi connectivity index (χ1n) is 7.47. The summed E-state index contributed by atoms with van der Waals surface area (Å²) in [4.78, 5) is 2.28. The standard InChI is InChI=1S/C16H25BrN2O/c1-4-18-12(2)13-7-8-16(15(17)10-13)19(3)11-14-6-5-9-20-14/h7-8,10,12,14,18H,4-6,9,11H2,1-3H3. The zero-order chi connectivity index (χ0) is 14.5. The number of benzene rings is 1. The third-order valence-electron chi connectivity index (χ3n) is 3.89. The van der Waals surface area contributed by atoms with Crippen molar-refractivity contribution in [2.45, 2.75) is 38.8 Å². The van der Waals surface area contributed by atoms with Crippen LogP contribution >= 0.6 is 15.9 Å². The summed E-state index contributed by atoms with van der Waals surface area (Å²) in [6.07, 6.45) is 2.75. The van der Waals surface area contributed by atoms with Gasteiger partial charge in [0.15, 0.2) is 0 Å². The van der Waals surface area contributed by atoms with E-state index in [1.165, 1.54) is 24.1 Å². The Labute approximate surface area is 130 Å². The molecule has 1 aromatic carbocycles. The van der Waals surface area contributed by atoms with Crippen LogP contribution in [-0.4, -0.2) is 32.8 Å². The van der Waals surface area contributed by atoms with E-state index in [1.807, 2.05) is 0 Å². The Kier molecular flexibility index (Phi) is 5.87. The Hall–Kier alpha value is -0.580. The molecule has 1 heterocycles. The maximum absolute atomic E-state index is 5.71. The lowest BCUT2D eigenvalue weighted by molar-refractivity contribution is 0.116. The second-order valence-corrected chi connectivity index (χ2v) is 6.36. The molecular formula is C16H25BrN2O. The molecule has 1 saturated heterocycles. The van der Waals surface area contributed by atoms with Crippen molar-refractivity contribution in [2.75, 3.05) is 31.6 Å². The normalized spacial score (nSPS) is 20.1. The highest BCUT2D eigenvalue weighted by molar-refractivity contribution is 9.10. The minimum atomic E-state index is 0.382. The number of nitrogens with one attached hydrogen (secondary N) is 1. The van der Waals surface area contributed by atoms with Crippen molar-refractivity contribution in [1.82, 2.24) is 5.32 Å². The molecule has 0 bridgehead atoms. The molecular weight excluding hydrogens is 316 g/mol. The number of likely N-dealkylation sites (N-methyl/N-ethyl adjacent to an activating group) is 1. The van der Waals surface area contributed by atoms with Crippen LogP contribution in [0.25, 0.3) is 0 Å². The number of ether oxygens (including phenoxy) is 1. The van der Waals surface area contributed by atoms with Gasteiger partial charge in [0.2, 0.25) is 0 Å². The lowest BCUT2D eigenvalue weighted by Gasteiger charge is -2.25. The molecule has 0 saturated carbocycles. The summed E-state index contributed by atoms with van der Waals surface area (Å²) in [5.41, 5.74) is 2.54. The van der Waals surface area contributed by atoms with Gasteiger partial charge in [0.1, 0.15) is 0 Å². The molecule has 1 N–H and O–H groups in total. The summed E-state index contributed by atoms with van der Waals surface area (Å²) in [5, 5.41) is 3.44. The molecule has 1 aromatic rings. The van der Waals surface area contributed by atoms with Crippen LogP contribution in [0.1, 0.15) is 38.3 Å². The van der Waals surface area contributed by atoms with Gasteiger partial charge < -0.3 is 15.0 Å². The topological polar surface area (TPSA) is 24.5 Å². The Balaban J connectivity index is 2.04. The predicted octanol–water partition coefficient (Wildman–Crippen LogP) is 3.73. The molecule has 1 aliphatic heterocycles. The molecule has 0 aromatic heterocycles. The molecule has 0 aliphatic carbocycles. The molecule has 0 spiro atoms. The molecule has 4 heteroatoms. The van der Waals surface area contributed by atoms with E-state index in [-0.39, 0.29) is 0 Å². The van der Waals surface area contributed by atoms with Crippen LogP contribution in [0.5, 0.6) is 0 Å². The van der Waals surface area contributed by atoms with Gasteiger partial charge in [-0.1, -0.05) is 13.0 Å². The minimum Gasteiger partial charge on any atom is -0.376 e. The van der Waals surface area contributed by atoms with Gasteiger partial charge in [0.05, 0.1) is 11.8 Å². The lowest BCUT2D eigenvalue weighted by atomic mass is 10.1. The van der Waals surface area contributed by atoms with Crippen LogP contribution in [0.15, 0.2) is 22.7 Å². The van der Waals surface area contributed by atoms with Crippen molar-refractivity contribution in [1.29, 1.82) is 0 Å². The van der Waals surface area contributed by atoms with Crippen molar-refractivity contribution in [3.63, 3.8) is 0 Å². The van der Waals surface area contributed by atoms with Gasteiger partial charge >= 0.3 is 0 Å². The van der Waals surface area contributed by atoms with Crippen molar-refractivity contribution in [3.8, 4) is 0 Å². The zero-order valence-corrected chi connectivity index (χ0v) is 14.2. The molecule has 0 amide bonds. The largest absolute Gasteiger partial charge is 0.376 e. The van der Waals surface area contributed by atoms with Gasteiger partial charge in [-0.15, -0.1) is 0 Å². The first kappa shape index (κ1) is 15.8. The van der Waals surface area contributed by atoms with Crippen molar-refractivity contribution in [2.24, 2.45) is 0 Å². The number of nitrogens with zero attached hydrogens (tertiary/aromatic N) is 1. The zero-order valence-electron chi connectivity index (χ0n) is 12.7. The summed E-state index contributed by atoms with van der Waals surface area (Å²) < 4.78 is 6.86. The summed E-state index contributed by atoms with van der Waals surface area (Å²) in [5.74, 6) is 0. The van der Waals surface area contributed by atoms with Crippen LogP contribution in [0.2, 0.25) is 0 Å². The Morgan fingerprint density at radius 2 is 2.30 bits per heavy atom. The number of hydrogen-bond donors (Lipinski definition) is 1. The Morgan fingerprint density at radius 1 is 1.50 bits per heavy atom. The third kappa shape index (κ3) is 3.96. The average Bonchev–Trinajstić information content (AvgIpc) is 2.91. The fourth-order valence-electron chi connectivity index (χ4n) is 2.72. The van der Waals surface area contributed by atoms with Crippen LogP contribution in [-0.2, 0) is 4.74 Å². The van der Waals surface area contributed by atoms with Gasteiger partial charge in [-0.3, -0.25) is 0 Å². The van der Waals surface area contributed by atoms with E-state index in [0.29, 0.717) is 12.1 Å². The smallest absolute Gasteiger partial charge is 0.0750 e. The lowest BCUT2D eigenvalue weighted by Crippen LogP contribution is -2.28. The van der Waals surface area contributed by atoms with Gasteiger partial charge in [-0.25, -0.2) is 0 Å². The molecule has 2 unspecified atom stereocenters. The second kappa shape index (κ2) is 7.43. The fourth-order valence-corrected chi connectivity index (χ4v) is 3.42. The van der Waals surface area contributed by atoms with Crippen LogP contribution in [0.4, 0.5) is 5.69 Å². The fraction of sp³-hybridized carbons (Fsp3) is 0.625. The molecule has 20 heavy (non-hydrogen) atoms. The van der Waals surface area contributed by atoms with Crippen LogP contribution in [0, 0.1) is 0 Å². The van der Waals surface area contributed by atoms with E-state index in [2.05, 4.69) is 65.2 Å². The number of rotatable bonds is 6. The Bertz CT molecular complexity index is 432. The summed E-state index contributed by atoms with van der Waals surface area (Å²) in [7, 11) is 2.13. The molecule has 1 fully saturated rings. The molecule has 2 rings (SSSR count). The summed E-state index contributed by atoms with van der Waals surface area (Å²) in [6, 6.07) is 7.00. The summed E-state index contributed by atoms with van der Waals surface area (Å²) >= 11 is 3.71. The second-order valence-electron chi connectivity index (χ2n) is 5.51. The maximum Gasteiger partial charge on any atom is 0.0750 e. The number of halogens is 1. The first-order chi connectivity index (χ1) is 9.61. The third-order valence-corrected chi connectivity index (χ3v) is 4.53. The monoisotopic (exact) mass is 340 g/mol. The predicted molar refractivity (Wildman–Crippen MR) is 88.5 cm³/mol. The molecule has 3 nitrogen and oxygen atoms in total. The van der Waals surface area contributed by atoms with Gasteiger partial charge in [0, 0.05) is 30.7 Å². The van der Waals surface area contributed by atoms with Gasteiger partial charge in [-0.05, 0) is 59.9 Å². The van der Waals surface area contributed by atoms with Crippen molar-refractivity contribution >= 4 is 21.6 Å². The van der Waals surface area contributed by atoms with Crippen molar-refractivity contribution < 1.29 is 4.74 Å². The number of anilines is 1. The van der Waals surface area contributed by atoms with Crippen molar-refractivity contribution in [3.05, 3.63) is 28.2 Å². The number of hydrogen-bond acceptors (Lipinski definition) is 3. The van der Waals surface area contributed by atoms with Gasteiger partial charge in [0.25, 0.3) is 0 Å². The molecule has 112 valence electrons. The highest BCUT2D eigenvalue weighted by Gasteiger charge is 2.18. The highest BCUT2D eigenvalue weighted by atomic mass is 79.9. The average molecular weight is 341 g/mol. The maximum atomic E-state index is 5.71. The van der Waals surface area contributed by atoms with Crippen LogP contribution < -0.4 is 10.2 Å². The van der Waals surface area contributed by atoms with E-state index in [9.17, 15) is 0 Å². The Morgan fingerprint density at radius 3 is 2.90 bits per heavy atom. The van der Waals surface area contributed by atoms with E-state index in [4.69, 9.17) is 4.74 Å². The molecule has 1 aliphatic rings. The van der Waals surface area contributed by atoms with E-state index >= 15 is 0 Å². The van der Waals surface area contributed by atoms with E-state index < -0.39 is 0 Å². The SMILES string of the molecule is CCNC(C)c1ccc(N(C)CC2CCCO2)c(Br)c1. The van der Waals surface area contributed by atoms with Gasteiger partial charge in [-0.2, -0.15) is 0 Å². The highest BCUT2D eigenvalue weighted by Crippen LogP contribution is 2.29. The quantitative estimate of drug-likeness (QED) is 0.853. The van der Waals surface area contributed by atoms with E-state index in [1.54, 1.807) is 0 Å². The summed E-state index contributed by atoms with van der Waals surface area (Å²) in [6.45, 7) is 7.19. The van der Waals surface area contributed by atoms with Crippen LogP contribution in [0.3, 0.4) is 0 Å². The molecule has 2 atom stereocenters. The first-order valence-corrected chi connectivity index (χ1v) is 8.26. The van der Waals surface area contributed by atoms with E-state index in [0.717, 1.165) is 24.2 Å². The molecule has 0 radical (unpaired) electrons. The minimum absolute atomic E-state index is 0.382.